The van der Waals surface area contributed by atoms with Crippen molar-refractivity contribution in [1.82, 2.24) is 0 Å². The maximum Gasteiger partial charge on any atom is 0.474 e. The molecule has 284 valence electrons. The number of hydrogen-bond donors (Lipinski definition) is 0. The van der Waals surface area contributed by atoms with Gasteiger partial charge in [0.25, 0.3) is 0 Å². The Hall–Kier alpha value is 5.33. The first kappa shape index (κ1) is 52.3. The lowest BCUT2D eigenvalue weighted by atomic mass is 10.1. The fourth-order valence-electron chi connectivity index (χ4n) is 3.39. The van der Waals surface area contributed by atoms with Crippen LogP contribution in [0.3, 0.4) is 0 Å². The lowest BCUT2D eigenvalue weighted by molar-refractivity contribution is 0.111. The predicted octanol–water partition coefficient (Wildman–Crippen LogP) is 13.1. The van der Waals surface area contributed by atoms with E-state index in [-0.39, 0.29) is 17.6 Å². The van der Waals surface area contributed by atoms with Gasteiger partial charge < -0.3 is 0 Å². The molecule has 15 atom stereocenters. The van der Waals surface area contributed by atoms with Gasteiger partial charge in [0.2, 0.25) is 0 Å². The molecule has 0 saturated carbocycles. The second-order valence-electron chi connectivity index (χ2n) is 9.86. The molecule has 0 aliphatic carbocycles. The third-order valence-corrected chi connectivity index (χ3v) is 17.6. The molecule has 0 N–H and O–H groups in total. The van der Waals surface area contributed by atoms with Crippen molar-refractivity contribution in [3.8, 4) is 0 Å². The van der Waals surface area contributed by atoms with E-state index in [1.165, 1.54) is 0 Å². The fraction of sp³-hybridized carbons (Fsp3) is 1.00. The largest absolute Gasteiger partial charge is 0.474 e. The van der Waals surface area contributed by atoms with Crippen molar-refractivity contribution in [3.63, 3.8) is 0 Å². The van der Waals surface area contributed by atoms with Crippen molar-refractivity contribution < 1.29 is 18.1 Å². The van der Waals surface area contributed by atoms with E-state index in [0.717, 1.165) is 0 Å². The van der Waals surface area contributed by atoms with Crippen molar-refractivity contribution in [2.45, 2.75) is 99.9 Å². The molecule has 0 heterocycles. The summed E-state index contributed by atoms with van der Waals surface area (Å²) in [5.74, 6) is 0.751. The molecule has 47 heavy (non-hydrogen) atoms. The molecule has 0 aromatic heterocycles. The molecule has 0 aliphatic rings. The number of alkyl halides is 18. The summed E-state index contributed by atoms with van der Waals surface area (Å²) < 4.78 is 30.4. The molecule has 0 amide bonds. The summed E-state index contributed by atoms with van der Waals surface area (Å²) in [7, 11) is -4.54. The van der Waals surface area contributed by atoms with E-state index in [0.29, 0.717) is 19.3 Å². The summed E-state index contributed by atoms with van der Waals surface area (Å²) >= 11 is 113. The molecule has 0 bridgehead atoms. The number of halogens is 18. The van der Waals surface area contributed by atoms with E-state index >= 15 is 0 Å². The minimum Gasteiger partial charge on any atom is -0.285 e. The van der Waals surface area contributed by atoms with Crippen LogP contribution in [0.2, 0.25) is 0 Å². The molecule has 0 aromatic rings. The van der Waals surface area contributed by atoms with Crippen molar-refractivity contribution >= 4 is 217 Å². The van der Waals surface area contributed by atoms with Crippen molar-refractivity contribution in [1.29, 1.82) is 0 Å². The predicted molar refractivity (Wildman–Crippen MR) is 216 cm³/mol. The summed E-state index contributed by atoms with van der Waals surface area (Å²) in [6.07, 6.45) is 1.10. The van der Waals surface area contributed by atoms with Crippen molar-refractivity contribution in [2.24, 2.45) is 0 Å². The third kappa shape index (κ3) is 19.4. The van der Waals surface area contributed by atoms with Crippen LogP contribution in [0, 0.1) is 0 Å². The zero-order valence-electron chi connectivity index (χ0n) is 23.9. The molecule has 0 rings (SSSR count). The average Bonchev–Trinajstić information content (AvgIpc) is 3.05. The van der Waals surface area contributed by atoms with Gasteiger partial charge in [-0.15, -0.1) is 209 Å². The molecule has 0 saturated heterocycles. The quantitative estimate of drug-likeness (QED) is 0.0607. The molecular formula is C24H33Cl18O4P. The van der Waals surface area contributed by atoms with E-state index in [2.05, 4.69) is 0 Å². The summed E-state index contributed by atoms with van der Waals surface area (Å²) in [5, 5.41) is -13.3. The lowest BCUT2D eigenvalue weighted by Gasteiger charge is -2.30. The Morgan fingerprint density at radius 3 is 0.723 bits per heavy atom. The lowest BCUT2D eigenvalue weighted by Crippen LogP contribution is -2.39. The minimum absolute atomic E-state index is 0.250. The van der Waals surface area contributed by atoms with Crippen molar-refractivity contribution in [3.05, 3.63) is 0 Å². The Balaban J connectivity index is 5.77. The second kappa shape index (κ2) is 27.8. The smallest absolute Gasteiger partial charge is 0.285 e. The highest BCUT2D eigenvalue weighted by Crippen LogP contribution is 2.51. The zero-order valence-corrected chi connectivity index (χ0v) is 38.4. The Labute approximate surface area is 367 Å². The van der Waals surface area contributed by atoms with Crippen LogP contribution in [0.1, 0.15) is 19.3 Å². The van der Waals surface area contributed by atoms with Gasteiger partial charge in [0, 0.05) is 17.6 Å². The monoisotopic (exact) mass is 1050 g/mol. The van der Waals surface area contributed by atoms with Gasteiger partial charge in [-0.25, -0.2) is 4.57 Å². The van der Waals surface area contributed by atoms with E-state index in [4.69, 9.17) is 222 Å². The van der Waals surface area contributed by atoms with Gasteiger partial charge in [0.15, 0.2) is 0 Å². The number of phosphoric ester groups is 1. The van der Waals surface area contributed by atoms with Gasteiger partial charge in [-0.1, -0.05) is 0 Å². The Morgan fingerprint density at radius 1 is 0.340 bits per heavy atom. The van der Waals surface area contributed by atoms with Crippen LogP contribution in [-0.4, -0.2) is 118 Å². The Morgan fingerprint density at radius 2 is 0.532 bits per heavy atom. The molecule has 0 aliphatic heterocycles. The average molecular weight is 1050 g/mol. The van der Waals surface area contributed by atoms with Crippen molar-refractivity contribution in [2.75, 3.05) is 37.5 Å². The summed E-state index contributed by atoms with van der Waals surface area (Å²) in [6, 6.07) is 0. The first-order chi connectivity index (χ1) is 21.8. The first-order valence-electron chi connectivity index (χ1n) is 13.6. The third-order valence-electron chi connectivity index (χ3n) is 6.23. The molecular weight excluding hydrogens is 1020 g/mol. The van der Waals surface area contributed by atoms with E-state index < -0.39 is 108 Å². The highest BCUT2D eigenvalue weighted by atomic mass is 35.5. The van der Waals surface area contributed by atoms with E-state index in [1.54, 1.807) is 0 Å². The Bertz CT molecular complexity index is 770. The standard InChI is InChI=1S/C24H33Cl18O4P/c25-4-1-10(28)16(34)22(40)19(37)13(31)7-44-47(43,45-8-14(32)20(38)23(41)17(35)11(29)2-5-26)46-9-15(33)21(39)24(42)18(36)12(30)3-6-27/h10-24H,1-9H2. The first-order valence-corrected chi connectivity index (χ1v) is 23.2. The van der Waals surface area contributed by atoms with E-state index in [9.17, 15) is 4.57 Å². The summed E-state index contributed by atoms with van der Waals surface area (Å²) in [6.45, 7) is -1.50. The molecule has 0 aromatic carbocycles. The highest BCUT2D eigenvalue weighted by molar-refractivity contribution is 7.48. The molecule has 23 heteroatoms. The molecule has 0 spiro atoms. The SMILES string of the molecule is O=P(OCC(Cl)C(Cl)C(Cl)C(Cl)C(Cl)CCCl)(OCC(Cl)C(Cl)C(Cl)C(Cl)C(Cl)CCCl)OCC(Cl)C(Cl)C(Cl)C(Cl)C(Cl)CCCl. The minimum atomic E-state index is -4.54. The van der Waals surface area contributed by atoms with Crippen LogP contribution in [0.5, 0.6) is 0 Å². The van der Waals surface area contributed by atoms with Gasteiger partial charge in [-0.3, -0.25) is 13.6 Å². The van der Waals surface area contributed by atoms with Gasteiger partial charge >= 0.3 is 7.82 Å². The second-order valence-corrected chi connectivity index (χ2v) is 20.6. The topological polar surface area (TPSA) is 44.8 Å². The summed E-state index contributed by atoms with van der Waals surface area (Å²) in [5.41, 5.74) is 0. The fourth-order valence-corrected chi connectivity index (χ4v) is 10.7. The van der Waals surface area contributed by atoms with Crippen LogP contribution in [-0.2, 0) is 18.1 Å². The number of phosphoric acid groups is 1. The number of hydrogen-bond acceptors (Lipinski definition) is 4. The number of rotatable bonds is 27. The van der Waals surface area contributed by atoms with Crippen LogP contribution >= 0.6 is 217 Å². The van der Waals surface area contributed by atoms with Gasteiger partial charge in [0.05, 0.1) is 100 Å². The van der Waals surface area contributed by atoms with Crippen LogP contribution in [0.15, 0.2) is 0 Å². The van der Waals surface area contributed by atoms with Gasteiger partial charge in [-0.05, 0) is 19.3 Å². The zero-order chi connectivity index (χ0) is 36.6. The normalized spacial score (nSPS) is 23.5. The maximum absolute atomic E-state index is 13.8. The molecule has 4 nitrogen and oxygen atoms in total. The van der Waals surface area contributed by atoms with Crippen LogP contribution < -0.4 is 0 Å². The van der Waals surface area contributed by atoms with Crippen LogP contribution in [0.4, 0.5) is 0 Å². The summed E-state index contributed by atoms with van der Waals surface area (Å²) in [4.78, 5) is 0. The van der Waals surface area contributed by atoms with Crippen LogP contribution in [0.25, 0.3) is 0 Å². The molecule has 15 unspecified atom stereocenters. The molecule has 0 radical (unpaired) electrons. The Kier molecular flexibility index (Phi) is 31.0. The van der Waals surface area contributed by atoms with E-state index in [1.807, 2.05) is 0 Å². The molecule has 0 fully saturated rings. The maximum atomic E-state index is 13.8. The van der Waals surface area contributed by atoms with Gasteiger partial charge in [0.1, 0.15) is 0 Å². The highest BCUT2D eigenvalue weighted by Gasteiger charge is 2.40. The van der Waals surface area contributed by atoms with Gasteiger partial charge in [-0.2, -0.15) is 0 Å².